The van der Waals surface area contributed by atoms with Gasteiger partial charge in [-0.3, -0.25) is 0 Å². The Morgan fingerprint density at radius 1 is 1.25 bits per heavy atom. The first-order chi connectivity index (χ1) is 5.81. The molecular weight excluding hydrogens is 191 g/mol. The number of hydrogen-bond acceptors (Lipinski definition) is 3. The second-order valence-electron chi connectivity index (χ2n) is 2.65. The van der Waals surface area contributed by atoms with E-state index in [0.717, 1.165) is 12.2 Å². The molecule has 0 rings (SSSR count). The zero-order valence-electron chi connectivity index (χ0n) is 7.91. The summed E-state index contributed by atoms with van der Waals surface area (Å²) in [5, 5.41) is 0. The molecule has 0 aliphatic heterocycles. The summed E-state index contributed by atoms with van der Waals surface area (Å²) >= 11 is 1.42. The van der Waals surface area contributed by atoms with E-state index in [-0.39, 0.29) is 0 Å². The summed E-state index contributed by atoms with van der Waals surface area (Å²) in [5.74, 6) is 0.965. The molecule has 0 spiro atoms. The van der Waals surface area contributed by atoms with E-state index in [2.05, 4.69) is 11.4 Å². The van der Waals surface area contributed by atoms with Crippen molar-refractivity contribution in [1.82, 2.24) is 0 Å². The molecule has 0 aliphatic carbocycles. The van der Waals surface area contributed by atoms with E-state index in [1.807, 2.05) is 0 Å². The van der Waals surface area contributed by atoms with Crippen LogP contribution in [0.2, 0.25) is 0 Å². The van der Waals surface area contributed by atoms with E-state index in [9.17, 15) is 4.57 Å². The fourth-order valence-electron chi connectivity index (χ4n) is 0.897. The summed E-state index contributed by atoms with van der Waals surface area (Å²) in [7, 11) is 0.0527. The van der Waals surface area contributed by atoms with Crippen LogP contribution < -0.4 is 0 Å². The lowest BCUT2D eigenvalue weighted by molar-refractivity contribution is 0.429. The molecule has 0 amide bonds. The van der Waals surface area contributed by atoms with Gasteiger partial charge in [0.05, 0.1) is 7.11 Å². The topological polar surface area (TPSA) is 26.3 Å². The van der Waals surface area contributed by atoms with Crippen LogP contribution in [0, 0.1) is 0 Å². The third-order valence-electron chi connectivity index (χ3n) is 1.59. The van der Waals surface area contributed by atoms with Gasteiger partial charge in [-0.2, -0.15) is 0 Å². The normalized spacial score (nSPS) is 11.7. The maximum atomic E-state index is 10.8. The number of unbranched alkanes of at least 4 members (excludes halogenated alkanes) is 4. The molecule has 4 heteroatoms. The van der Waals surface area contributed by atoms with Gasteiger partial charge in [-0.25, -0.2) is 0 Å². The van der Waals surface area contributed by atoms with Crippen LogP contribution in [0.25, 0.3) is 0 Å². The van der Waals surface area contributed by atoms with Gasteiger partial charge in [0.15, 0.2) is 11.4 Å². The third-order valence-corrected chi connectivity index (χ3v) is 4.20. The minimum absolute atomic E-state index is 0.965. The first-order valence-electron chi connectivity index (χ1n) is 4.45. The van der Waals surface area contributed by atoms with E-state index in [1.165, 1.54) is 44.2 Å². The molecule has 0 saturated heterocycles. The van der Waals surface area contributed by atoms with Crippen LogP contribution in [0.15, 0.2) is 0 Å². The van der Waals surface area contributed by atoms with Gasteiger partial charge in [0.25, 0.3) is 0 Å². The van der Waals surface area contributed by atoms with Crippen molar-refractivity contribution in [3.8, 4) is 0 Å². The maximum absolute atomic E-state index is 10.8. The Bertz CT molecular complexity index is 120. The quantitative estimate of drug-likeness (QED) is 0.446. The zero-order valence-corrected chi connectivity index (χ0v) is 9.63. The lowest BCUT2D eigenvalue weighted by Crippen LogP contribution is -1.79. The van der Waals surface area contributed by atoms with Gasteiger partial charge in [0.1, 0.15) is 0 Å². The van der Waals surface area contributed by atoms with Crippen molar-refractivity contribution in [3.05, 3.63) is 0 Å². The molecule has 0 saturated carbocycles. The molecule has 0 radical (unpaired) electrons. The standard InChI is InChI=1S/C8H18O2PS/c1-3-4-5-6-7-8-12-11(9)10-2/h3-8H2,1-2H3/q+1. The van der Waals surface area contributed by atoms with Crippen molar-refractivity contribution in [2.24, 2.45) is 0 Å². The third kappa shape index (κ3) is 8.51. The molecule has 0 heterocycles. The van der Waals surface area contributed by atoms with Crippen molar-refractivity contribution in [2.75, 3.05) is 12.9 Å². The Morgan fingerprint density at radius 2 is 1.92 bits per heavy atom. The minimum atomic E-state index is -1.44. The monoisotopic (exact) mass is 209 g/mol. The van der Waals surface area contributed by atoms with E-state index in [4.69, 9.17) is 0 Å². The fraction of sp³-hybridized carbons (Fsp3) is 1.00. The van der Waals surface area contributed by atoms with Crippen molar-refractivity contribution in [1.29, 1.82) is 0 Å². The Labute approximate surface area is 80.1 Å². The summed E-state index contributed by atoms with van der Waals surface area (Å²) in [6.45, 7) is 2.20. The van der Waals surface area contributed by atoms with Gasteiger partial charge in [-0.1, -0.05) is 32.6 Å². The van der Waals surface area contributed by atoms with E-state index in [1.54, 1.807) is 0 Å². The minimum Gasteiger partial charge on any atom is -0.140 e. The van der Waals surface area contributed by atoms with Gasteiger partial charge < -0.3 is 0 Å². The maximum Gasteiger partial charge on any atom is 0.585 e. The molecule has 0 aromatic carbocycles. The van der Waals surface area contributed by atoms with Crippen LogP contribution >= 0.6 is 18.6 Å². The summed E-state index contributed by atoms with van der Waals surface area (Å²) < 4.78 is 15.4. The SMILES string of the molecule is CCCCCCCS[P+](=O)OC. The molecule has 2 nitrogen and oxygen atoms in total. The van der Waals surface area contributed by atoms with E-state index < -0.39 is 7.23 Å². The largest absolute Gasteiger partial charge is 0.585 e. The molecule has 0 N–H and O–H groups in total. The lowest BCUT2D eigenvalue weighted by Gasteiger charge is -1.94. The van der Waals surface area contributed by atoms with Crippen LogP contribution in [-0.4, -0.2) is 12.9 Å². The lowest BCUT2D eigenvalue weighted by atomic mass is 10.2. The van der Waals surface area contributed by atoms with Crippen molar-refractivity contribution in [2.45, 2.75) is 39.0 Å². The fourth-order valence-corrected chi connectivity index (χ4v) is 2.64. The molecule has 72 valence electrons. The Kier molecular flexibility index (Phi) is 9.82. The van der Waals surface area contributed by atoms with Crippen LogP contribution in [0.3, 0.4) is 0 Å². The molecular formula is C8H18O2PS+. The average molecular weight is 209 g/mol. The average Bonchev–Trinajstić information content (AvgIpc) is 2.10. The van der Waals surface area contributed by atoms with Crippen LogP contribution in [0.4, 0.5) is 0 Å². The second kappa shape index (κ2) is 9.50. The predicted octanol–water partition coefficient (Wildman–Crippen LogP) is 3.99. The Balaban J connectivity index is 2.95. The molecule has 0 aliphatic rings. The van der Waals surface area contributed by atoms with E-state index in [0.29, 0.717) is 0 Å². The van der Waals surface area contributed by atoms with Gasteiger partial charge >= 0.3 is 7.23 Å². The highest BCUT2D eigenvalue weighted by Crippen LogP contribution is 2.38. The molecule has 0 aromatic heterocycles. The second-order valence-corrected chi connectivity index (χ2v) is 5.80. The van der Waals surface area contributed by atoms with Gasteiger partial charge in [-0.05, 0) is 11.0 Å². The van der Waals surface area contributed by atoms with Gasteiger partial charge in [0.2, 0.25) is 0 Å². The summed E-state index contributed by atoms with van der Waals surface area (Å²) in [6.07, 6.45) is 6.32. The van der Waals surface area contributed by atoms with E-state index >= 15 is 0 Å². The summed E-state index contributed by atoms with van der Waals surface area (Å²) in [5.41, 5.74) is 0. The van der Waals surface area contributed by atoms with Gasteiger partial charge in [-0.15, -0.1) is 4.52 Å². The predicted molar refractivity (Wildman–Crippen MR) is 55.8 cm³/mol. The van der Waals surface area contributed by atoms with Crippen LogP contribution in [-0.2, 0) is 9.09 Å². The highest BCUT2D eigenvalue weighted by molar-refractivity contribution is 8.50. The van der Waals surface area contributed by atoms with Crippen molar-refractivity contribution in [3.63, 3.8) is 0 Å². The van der Waals surface area contributed by atoms with Gasteiger partial charge in [0, 0.05) is 5.75 Å². The number of hydrogen-bond donors (Lipinski definition) is 0. The van der Waals surface area contributed by atoms with Crippen molar-refractivity contribution >= 4 is 18.6 Å². The highest BCUT2D eigenvalue weighted by Gasteiger charge is 2.15. The van der Waals surface area contributed by atoms with Crippen LogP contribution in [0.1, 0.15) is 39.0 Å². The molecule has 0 bridgehead atoms. The molecule has 1 unspecified atom stereocenters. The Morgan fingerprint density at radius 3 is 2.50 bits per heavy atom. The molecule has 0 fully saturated rings. The highest BCUT2D eigenvalue weighted by atomic mass is 32.7. The zero-order chi connectivity index (χ0) is 9.23. The number of rotatable bonds is 8. The molecule has 12 heavy (non-hydrogen) atoms. The summed E-state index contributed by atoms with van der Waals surface area (Å²) in [4.78, 5) is 0. The first kappa shape index (κ1) is 12.4. The molecule has 1 atom stereocenters. The molecule has 0 aromatic rings. The van der Waals surface area contributed by atoms with Crippen molar-refractivity contribution < 1.29 is 9.09 Å². The smallest absolute Gasteiger partial charge is 0.140 e. The Hall–Kier alpha value is 0.410. The summed E-state index contributed by atoms with van der Waals surface area (Å²) in [6, 6.07) is 0. The van der Waals surface area contributed by atoms with Crippen LogP contribution in [0.5, 0.6) is 0 Å². The first-order valence-corrected chi connectivity index (χ1v) is 7.22.